The summed E-state index contributed by atoms with van der Waals surface area (Å²) < 4.78 is 38.2. The number of rotatable bonds is 11. The van der Waals surface area contributed by atoms with Crippen molar-refractivity contribution in [1.29, 1.82) is 0 Å². The van der Waals surface area contributed by atoms with E-state index in [2.05, 4.69) is 18.8 Å². The summed E-state index contributed by atoms with van der Waals surface area (Å²) in [5, 5.41) is 10.3. The maximum absolute atomic E-state index is 12.7. The number of nitrogens with zero attached hydrogens (tertiary/aromatic N) is 1. The molecule has 0 bridgehead atoms. The van der Waals surface area contributed by atoms with Gasteiger partial charge >= 0.3 is 12.1 Å². The van der Waals surface area contributed by atoms with Gasteiger partial charge in [0.2, 0.25) is 0 Å². The van der Waals surface area contributed by atoms with Gasteiger partial charge in [-0.3, -0.25) is 4.84 Å². The number of hydrogen-bond donors (Lipinski definition) is 1. The molecule has 7 heteroatoms. The van der Waals surface area contributed by atoms with Crippen molar-refractivity contribution in [1.82, 2.24) is 5.06 Å². The highest BCUT2D eigenvalue weighted by atomic mass is 19.4. The van der Waals surface area contributed by atoms with Crippen LogP contribution >= 0.6 is 0 Å². The second-order valence-corrected chi connectivity index (χ2v) is 7.47. The first-order valence-electron chi connectivity index (χ1n) is 10.6. The number of aliphatic carboxylic acids is 1. The fourth-order valence-corrected chi connectivity index (χ4v) is 3.00. The molecule has 2 aromatic rings. The van der Waals surface area contributed by atoms with Gasteiger partial charge in [0.15, 0.2) is 6.61 Å². The monoisotopic (exact) mass is 447 g/mol. The van der Waals surface area contributed by atoms with Crippen LogP contribution in [0.3, 0.4) is 0 Å². The molecule has 0 amide bonds. The van der Waals surface area contributed by atoms with Crippen molar-refractivity contribution in [2.45, 2.75) is 58.3 Å². The molecule has 0 radical (unpaired) electrons. The van der Waals surface area contributed by atoms with Gasteiger partial charge in [-0.15, -0.1) is 0 Å². The molecular formula is C25H28F3NO3. The molecule has 0 fully saturated rings. The molecule has 4 nitrogen and oxygen atoms in total. The van der Waals surface area contributed by atoms with E-state index in [0.29, 0.717) is 5.56 Å². The largest absolute Gasteiger partial charge is 0.479 e. The third kappa shape index (κ3) is 9.54. The van der Waals surface area contributed by atoms with Crippen LogP contribution in [0.4, 0.5) is 13.2 Å². The fraction of sp³-hybridized carbons (Fsp3) is 0.400. The molecule has 0 saturated heterocycles. The number of halogens is 3. The molecule has 172 valence electrons. The molecule has 2 aromatic carbocycles. The highest BCUT2D eigenvalue weighted by molar-refractivity contribution is 5.67. The summed E-state index contributed by atoms with van der Waals surface area (Å²) in [5.41, 5.74) is 1.61. The smallest absolute Gasteiger partial charge is 0.416 e. The number of carbonyl (C=O) groups is 1. The average Bonchev–Trinajstić information content (AvgIpc) is 2.75. The van der Waals surface area contributed by atoms with Crippen molar-refractivity contribution in [2.75, 3.05) is 6.61 Å². The number of carboxylic acid groups (broad SMARTS) is 1. The van der Waals surface area contributed by atoms with Crippen LogP contribution in [0.25, 0.3) is 0 Å². The first-order valence-corrected chi connectivity index (χ1v) is 10.6. The zero-order valence-electron chi connectivity index (χ0n) is 18.1. The first kappa shape index (κ1) is 25.4. The van der Waals surface area contributed by atoms with E-state index in [1.54, 1.807) is 0 Å². The fourth-order valence-electron chi connectivity index (χ4n) is 3.00. The Kier molecular flexibility index (Phi) is 10.3. The van der Waals surface area contributed by atoms with Crippen molar-refractivity contribution >= 4 is 5.97 Å². The van der Waals surface area contributed by atoms with E-state index >= 15 is 0 Å². The van der Waals surface area contributed by atoms with E-state index in [9.17, 15) is 18.0 Å². The van der Waals surface area contributed by atoms with Crippen LogP contribution in [0.15, 0.2) is 48.5 Å². The second-order valence-electron chi connectivity index (χ2n) is 7.47. The summed E-state index contributed by atoms with van der Waals surface area (Å²) >= 11 is 0. The Bertz CT molecular complexity index is 897. The Morgan fingerprint density at radius 1 is 0.969 bits per heavy atom. The third-order valence-corrected chi connectivity index (χ3v) is 4.71. The van der Waals surface area contributed by atoms with Gasteiger partial charge < -0.3 is 5.11 Å². The number of carboxylic acids is 1. The van der Waals surface area contributed by atoms with Crippen LogP contribution in [-0.4, -0.2) is 22.7 Å². The minimum atomic E-state index is -4.40. The van der Waals surface area contributed by atoms with Gasteiger partial charge in [0.25, 0.3) is 0 Å². The molecule has 0 aliphatic heterocycles. The van der Waals surface area contributed by atoms with E-state index in [4.69, 9.17) is 9.94 Å². The van der Waals surface area contributed by atoms with E-state index in [1.807, 2.05) is 24.3 Å². The normalized spacial score (nSPS) is 11.3. The number of benzene rings is 2. The summed E-state index contributed by atoms with van der Waals surface area (Å²) in [7, 11) is 0. The topological polar surface area (TPSA) is 49.8 Å². The maximum Gasteiger partial charge on any atom is 0.416 e. The molecule has 0 heterocycles. The molecule has 2 rings (SSSR count). The van der Waals surface area contributed by atoms with Crippen molar-refractivity contribution in [3.8, 4) is 11.8 Å². The lowest BCUT2D eigenvalue weighted by molar-refractivity contribution is -0.190. The zero-order valence-corrected chi connectivity index (χ0v) is 18.1. The lowest BCUT2D eigenvalue weighted by atomic mass is 10.1. The standard InChI is InChI=1S/C25H28F3NO3/c1-2-3-4-5-6-7-8-20-9-11-21(12-10-20)17-29(32-19-24(30)31)18-22-13-15-23(16-14-22)25(26,27)28/h9-16H,2-6,17-19H2,1H3,(H,30,31). The van der Waals surface area contributed by atoms with Crippen LogP contribution in [0.1, 0.15) is 61.3 Å². The summed E-state index contributed by atoms with van der Waals surface area (Å²) in [6.45, 7) is 2.05. The minimum absolute atomic E-state index is 0.144. The zero-order chi connectivity index (χ0) is 23.4. The molecule has 0 spiro atoms. The predicted octanol–water partition coefficient (Wildman–Crippen LogP) is 6.05. The molecule has 0 saturated carbocycles. The molecule has 0 aliphatic rings. The van der Waals surface area contributed by atoms with Gasteiger partial charge in [-0.1, -0.05) is 62.3 Å². The van der Waals surface area contributed by atoms with Crippen LogP contribution < -0.4 is 0 Å². The first-order chi connectivity index (χ1) is 15.3. The summed E-state index contributed by atoms with van der Waals surface area (Å²) in [4.78, 5) is 16.2. The Labute approximate surface area is 187 Å². The van der Waals surface area contributed by atoms with Crippen molar-refractivity contribution < 1.29 is 27.9 Å². The van der Waals surface area contributed by atoms with Crippen LogP contribution in [-0.2, 0) is 28.9 Å². The highest BCUT2D eigenvalue weighted by Gasteiger charge is 2.30. The molecule has 0 unspecified atom stereocenters. The van der Waals surface area contributed by atoms with E-state index < -0.39 is 24.3 Å². The van der Waals surface area contributed by atoms with E-state index in [-0.39, 0.29) is 13.1 Å². The van der Waals surface area contributed by atoms with Crippen molar-refractivity contribution in [3.63, 3.8) is 0 Å². The van der Waals surface area contributed by atoms with E-state index in [0.717, 1.165) is 36.1 Å². The Morgan fingerprint density at radius 2 is 1.56 bits per heavy atom. The number of hydroxylamine groups is 2. The molecule has 32 heavy (non-hydrogen) atoms. The predicted molar refractivity (Wildman–Crippen MR) is 116 cm³/mol. The van der Waals surface area contributed by atoms with Crippen LogP contribution in [0.5, 0.6) is 0 Å². The van der Waals surface area contributed by atoms with Gasteiger partial charge in [-0.2, -0.15) is 18.2 Å². The minimum Gasteiger partial charge on any atom is -0.479 e. The Hall–Kier alpha value is -2.82. The van der Waals surface area contributed by atoms with Crippen molar-refractivity contribution in [3.05, 3.63) is 70.8 Å². The molecule has 0 atom stereocenters. The Balaban J connectivity index is 1.99. The number of hydrogen-bond acceptors (Lipinski definition) is 3. The average molecular weight is 447 g/mol. The lowest BCUT2D eigenvalue weighted by Gasteiger charge is -2.21. The van der Waals surface area contributed by atoms with Crippen LogP contribution in [0.2, 0.25) is 0 Å². The van der Waals surface area contributed by atoms with Crippen molar-refractivity contribution in [2.24, 2.45) is 0 Å². The molecule has 0 aliphatic carbocycles. The third-order valence-electron chi connectivity index (χ3n) is 4.71. The summed E-state index contributed by atoms with van der Waals surface area (Å²) in [6.07, 6.45) is 1.17. The van der Waals surface area contributed by atoms with Gasteiger partial charge in [0.1, 0.15) is 0 Å². The van der Waals surface area contributed by atoms with Crippen LogP contribution in [0, 0.1) is 11.8 Å². The lowest BCUT2D eigenvalue weighted by Crippen LogP contribution is -2.26. The molecular weight excluding hydrogens is 419 g/mol. The molecule has 1 N–H and O–H groups in total. The quantitative estimate of drug-likeness (QED) is 0.259. The number of unbranched alkanes of at least 4 members (excludes halogenated alkanes) is 4. The van der Waals surface area contributed by atoms with Gasteiger partial charge in [-0.05, 0) is 41.8 Å². The maximum atomic E-state index is 12.7. The number of alkyl halides is 3. The van der Waals surface area contributed by atoms with Gasteiger partial charge in [0.05, 0.1) is 5.56 Å². The SMILES string of the molecule is CCCCCCC#Cc1ccc(CN(Cc2ccc(C(F)(F)F)cc2)OCC(=O)O)cc1. The van der Waals surface area contributed by atoms with Gasteiger partial charge in [-0.25, -0.2) is 4.79 Å². The summed E-state index contributed by atoms with van der Waals surface area (Å²) in [5.74, 6) is 5.17. The van der Waals surface area contributed by atoms with E-state index in [1.165, 1.54) is 36.5 Å². The molecule has 0 aromatic heterocycles. The van der Waals surface area contributed by atoms with Gasteiger partial charge in [0, 0.05) is 25.1 Å². The summed E-state index contributed by atoms with van der Waals surface area (Å²) in [6, 6.07) is 12.3. The highest BCUT2D eigenvalue weighted by Crippen LogP contribution is 2.29. The second kappa shape index (κ2) is 12.9. The Morgan fingerprint density at radius 3 is 2.09 bits per heavy atom.